The van der Waals surface area contributed by atoms with Crippen molar-refractivity contribution in [3.05, 3.63) is 47.5 Å². The van der Waals surface area contributed by atoms with Crippen molar-refractivity contribution in [2.75, 3.05) is 13.1 Å². The molecule has 22 heavy (non-hydrogen) atoms. The Balaban J connectivity index is 1.65. The van der Waals surface area contributed by atoms with Crippen molar-refractivity contribution < 1.29 is 20.4 Å². The van der Waals surface area contributed by atoms with Crippen molar-refractivity contribution in [2.45, 2.75) is 12.8 Å². The normalized spacial score (nSPS) is 10.7. The van der Waals surface area contributed by atoms with E-state index in [1.54, 1.807) is 12.1 Å². The monoisotopic (exact) mass is 304 g/mol. The fourth-order valence-electron chi connectivity index (χ4n) is 2.04. The van der Waals surface area contributed by atoms with Gasteiger partial charge in [-0.15, -0.1) is 0 Å². The van der Waals surface area contributed by atoms with Crippen molar-refractivity contribution in [2.24, 2.45) is 0 Å². The van der Waals surface area contributed by atoms with Crippen LogP contribution in [0.4, 0.5) is 0 Å². The fraction of sp³-hybridized carbons (Fsp3) is 0.250. The third-order valence-electron chi connectivity index (χ3n) is 3.28. The highest BCUT2D eigenvalue weighted by Crippen LogP contribution is 2.25. The van der Waals surface area contributed by atoms with E-state index in [0.717, 1.165) is 11.1 Å². The smallest absolute Gasteiger partial charge is 0.157 e. The number of hydrogen-bond donors (Lipinski definition) is 6. The average Bonchev–Trinajstić information content (AvgIpc) is 2.50. The van der Waals surface area contributed by atoms with Crippen LogP contribution in [0, 0.1) is 0 Å². The number of phenolic OH excluding ortho intramolecular Hbond substituents is 4. The molecule has 0 aliphatic rings. The highest BCUT2D eigenvalue weighted by Gasteiger charge is 2.01. The van der Waals surface area contributed by atoms with Crippen LogP contribution in [0.2, 0.25) is 0 Å². The van der Waals surface area contributed by atoms with Gasteiger partial charge in [-0.05, 0) is 48.2 Å². The van der Waals surface area contributed by atoms with Gasteiger partial charge < -0.3 is 20.4 Å². The van der Waals surface area contributed by atoms with Gasteiger partial charge in [0.1, 0.15) is 0 Å². The van der Waals surface area contributed by atoms with Gasteiger partial charge in [0.15, 0.2) is 23.0 Å². The SMILES string of the molecule is Oc1ccc(CCNNCCc2ccc(O)c(O)c2)cc1O. The highest BCUT2D eigenvalue weighted by molar-refractivity contribution is 5.41. The molecule has 0 unspecified atom stereocenters. The summed E-state index contributed by atoms with van der Waals surface area (Å²) in [7, 11) is 0. The quantitative estimate of drug-likeness (QED) is 0.262. The van der Waals surface area contributed by atoms with Crippen LogP contribution in [0.3, 0.4) is 0 Å². The van der Waals surface area contributed by atoms with E-state index in [9.17, 15) is 20.4 Å². The molecule has 0 aliphatic heterocycles. The minimum absolute atomic E-state index is 0.113. The van der Waals surface area contributed by atoms with Gasteiger partial charge in [-0.25, -0.2) is 0 Å². The Morgan fingerprint density at radius 1 is 0.591 bits per heavy atom. The zero-order chi connectivity index (χ0) is 15.9. The van der Waals surface area contributed by atoms with Crippen molar-refractivity contribution >= 4 is 0 Å². The second-order valence-electron chi connectivity index (χ2n) is 5.00. The molecule has 2 aromatic carbocycles. The zero-order valence-electron chi connectivity index (χ0n) is 12.1. The third-order valence-corrected chi connectivity index (χ3v) is 3.28. The molecular weight excluding hydrogens is 284 g/mol. The largest absolute Gasteiger partial charge is 0.504 e. The molecule has 0 bridgehead atoms. The van der Waals surface area contributed by atoms with E-state index in [-0.39, 0.29) is 23.0 Å². The molecule has 0 saturated heterocycles. The molecule has 0 aromatic heterocycles. The van der Waals surface area contributed by atoms with Gasteiger partial charge in [0.2, 0.25) is 0 Å². The number of nitrogens with one attached hydrogen (secondary N) is 2. The predicted octanol–water partition coefficient (Wildman–Crippen LogP) is 1.39. The summed E-state index contributed by atoms with van der Waals surface area (Å²) >= 11 is 0. The van der Waals surface area contributed by atoms with Crippen molar-refractivity contribution in [1.82, 2.24) is 10.9 Å². The van der Waals surface area contributed by atoms with Gasteiger partial charge in [0, 0.05) is 13.1 Å². The molecule has 0 radical (unpaired) electrons. The van der Waals surface area contributed by atoms with Gasteiger partial charge in [-0.2, -0.15) is 0 Å². The van der Waals surface area contributed by atoms with E-state index in [2.05, 4.69) is 10.9 Å². The fourth-order valence-corrected chi connectivity index (χ4v) is 2.04. The molecule has 0 atom stereocenters. The summed E-state index contributed by atoms with van der Waals surface area (Å²) in [5.41, 5.74) is 7.96. The molecule has 0 fully saturated rings. The Kier molecular flexibility index (Phi) is 5.46. The highest BCUT2D eigenvalue weighted by atomic mass is 16.3. The van der Waals surface area contributed by atoms with Crippen LogP contribution in [0.25, 0.3) is 0 Å². The molecular formula is C16H20N2O4. The second-order valence-corrected chi connectivity index (χ2v) is 5.00. The van der Waals surface area contributed by atoms with Crippen molar-refractivity contribution in [1.29, 1.82) is 0 Å². The molecule has 6 heteroatoms. The van der Waals surface area contributed by atoms with Crippen LogP contribution in [-0.4, -0.2) is 33.5 Å². The van der Waals surface area contributed by atoms with E-state index < -0.39 is 0 Å². The number of hydrogen-bond acceptors (Lipinski definition) is 6. The molecule has 2 aromatic rings. The lowest BCUT2D eigenvalue weighted by atomic mass is 10.1. The van der Waals surface area contributed by atoms with Crippen LogP contribution in [0.5, 0.6) is 23.0 Å². The van der Waals surface area contributed by atoms with E-state index in [1.807, 2.05) is 0 Å². The topological polar surface area (TPSA) is 105 Å². The van der Waals surface area contributed by atoms with Gasteiger partial charge >= 0.3 is 0 Å². The maximum Gasteiger partial charge on any atom is 0.157 e. The summed E-state index contributed by atoms with van der Waals surface area (Å²) in [4.78, 5) is 0. The first-order valence-electron chi connectivity index (χ1n) is 7.03. The Morgan fingerprint density at radius 3 is 1.36 bits per heavy atom. The lowest BCUT2D eigenvalue weighted by Gasteiger charge is -2.08. The van der Waals surface area contributed by atoms with Gasteiger partial charge in [-0.3, -0.25) is 10.9 Å². The van der Waals surface area contributed by atoms with Crippen molar-refractivity contribution in [3.63, 3.8) is 0 Å². The first kappa shape index (κ1) is 15.9. The lowest BCUT2D eigenvalue weighted by Crippen LogP contribution is -2.34. The minimum atomic E-state index is -0.119. The molecule has 118 valence electrons. The molecule has 0 saturated carbocycles. The summed E-state index contributed by atoms with van der Waals surface area (Å²) in [5.74, 6) is -0.464. The number of phenols is 4. The van der Waals surface area contributed by atoms with Gasteiger partial charge in [0.25, 0.3) is 0 Å². The molecule has 0 aliphatic carbocycles. The van der Waals surface area contributed by atoms with Crippen LogP contribution in [0.15, 0.2) is 36.4 Å². The first-order chi connectivity index (χ1) is 10.6. The summed E-state index contributed by atoms with van der Waals surface area (Å²) < 4.78 is 0. The molecule has 0 amide bonds. The Labute approximate surface area is 128 Å². The standard InChI is InChI=1S/C16H20N2O4/c19-13-3-1-11(9-15(13)21)5-7-17-18-8-6-12-2-4-14(20)16(22)10-12/h1-4,9-10,17-22H,5-8H2. The molecule has 0 spiro atoms. The number of hydrazine groups is 1. The van der Waals surface area contributed by atoms with E-state index in [4.69, 9.17) is 0 Å². The van der Waals surface area contributed by atoms with Crippen LogP contribution < -0.4 is 10.9 Å². The number of rotatable bonds is 7. The number of benzene rings is 2. The summed E-state index contributed by atoms with van der Waals surface area (Å²) in [6.07, 6.45) is 1.42. The Hall–Kier alpha value is -2.44. The van der Waals surface area contributed by atoms with E-state index >= 15 is 0 Å². The molecule has 6 N–H and O–H groups in total. The maximum absolute atomic E-state index is 9.38. The molecule has 6 nitrogen and oxygen atoms in total. The molecule has 0 heterocycles. The number of aromatic hydroxyl groups is 4. The van der Waals surface area contributed by atoms with E-state index in [0.29, 0.717) is 25.9 Å². The Bertz CT molecular complexity index is 576. The van der Waals surface area contributed by atoms with Crippen LogP contribution in [0.1, 0.15) is 11.1 Å². The summed E-state index contributed by atoms with van der Waals surface area (Å²) in [6.45, 7) is 1.34. The lowest BCUT2D eigenvalue weighted by molar-refractivity contribution is 0.402. The van der Waals surface area contributed by atoms with Crippen LogP contribution >= 0.6 is 0 Å². The summed E-state index contributed by atoms with van der Waals surface area (Å²) in [6, 6.07) is 9.53. The summed E-state index contributed by atoms with van der Waals surface area (Å²) in [5, 5.41) is 37.2. The predicted molar refractivity (Wildman–Crippen MR) is 83.0 cm³/mol. The van der Waals surface area contributed by atoms with Crippen molar-refractivity contribution in [3.8, 4) is 23.0 Å². The zero-order valence-corrected chi connectivity index (χ0v) is 12.1. The third kappa shape index (κ3) is 4.54. The van der Waals surface area contributed by atoms with Gasteiger partial charge in [-0.1, -0.05) is 12.1 Å². The molecule has 2 rings (SSSR count). The average molecular weight is 304 g/mol. The minimum Gasteiger partial charge on any atom is -0.504 e. The second kappa shape index (κ2) is 7.53. The first-order valence-corrected chi connectivity index (χ1v) is 7.03. The maximum atomic E-state index is 9.38. The van der Waals surface area contributed by atoms with E-state index in [1.165, 1.54) is 24.3 Å². The van der Waals surface area contributed by atoms with Crippen LogP contribution in [-0.2, 0) is 12.8 Å². The van der Waals surface area contributed by atoms with Gasteiger partial charge in [0.05, 0.1) is 0 Å². The Morgan fingerprint density at radius 2 is 1.00 bits per heavy atom.